The molecule has 1 fully saturated rings. The molecule has 1 aliphatic rings. The minimum absolute atomic E-state index is 0.414. The number of aryl methyl sites for hydroxylation is 4. The molecule has 0 bridgehead atoms. The Balaban J connectivity index is 1.77. The lowest BCUT2D eigenvalue weighted by Gasteiger charge is -2.31. The number of fused-ring (bicyclic) bond motifs is 1. The monoisotopic (exact) mass is 478 g/mol. The Morgan fingerprint density at radius 1 is 0.972 bits per heavy atom. The second-order valence-electron chi connectivity index (χ2n) is 9.70. The molecule has 6 rings (SSSR count). The number of pyridine rings is 2. The van der Waals surface area contributed by atoms with Gasteiger partial charge in [-0.1, -0.05) is 5.16 Å². The predicted octanol–water partition coefficient (Wildman–Crippen LogP) is 6.18. The van der Waals surface area contributed by atoms with Gasteiger partial charge in [-0.25, -0.2) is 4.98 Å². The van der Waals surface area contributed by atoms with Crippen LogP contribution in [0, 0.1) is 32.6 Å². The van der Waals surface area contributed by atoms with E-state index in [1.807, 2.05) is 45.9 Å². The first-order valence-electron chi connectivity index (χ1n) is 12.1. The van der Waals surface area contributed by atoms with Crippen molar-refractivity contribution < 1.29 is 4.52 Å². The van der Waals surface area contributed by atoms with Gasteiger partial charge in [0.15, 0.2) is 5.54 Å². The van der Waals surface area contributed by atoms with Crippen molar-refractivity contribution in [2.45, 2.75) is 52.0 Å². The number of hydrogen-bond acceptors (Lipinski definition) is 7. The third-order valence-electron chi connectivity index (χ3n) is 7.24. The molecule has 0 atom stereocenters. The van der Waals surface area contributed by atoms with Crippen molar-refractivity contribution in [2.75, 3.05) is 0 Å². The summed E-state index contributed by atoms with van der Waals surface area (Å²) in [5.41, 5.74) is 6.75. The van der Waals surface area contributed by atoms with Crippen LogP contribution in [0.3, 0.4) is 0 Å². The highest BCUT2D eigenvalue weighted by Gasteiger charge is 2.43. The number of aromatic nitrogens is 5. The standard InChI is InChI=1S/C28H26N6O2/c1-15-13-29-9-7-21(15)28(34-35,22-8-10-30-14-16(22)2)23-11-20(25-17(3)33-36-18(25)4)12-24-26(23)32-27(31-24)19-5-6-19/h7-14,19H,5-6H2,1-4H3,(H,31,32). The highest BCUT2D eigenvalue weighted by Crippen LogP contribution is 2.48. The van der Waals surface area contributed by atoms with Crippen LogP contribution in [-0.2, 0) is 5.54 Å². The van der Waals surface area contributed by atoms with Crippen LogP contribution < -0.4 is 0 Å². The zero-order chi connectivity index (χ0) is 25.0. The molecule has 0 saturated heterocycles. The highest BCUT2D eigenvalue weighted by atomic mass is 16.5. The maximum Gasteiger partial charge on any atom is 0.180 e. The summed E-state index contributed by atoms with van der Waals surface area (Å²) in [6, 6.07) is 7.84. The summed E-state index contributed by atoms with van der Waals surface area (Å²) in [7, 11) is 0. The Morgan fingerprint density at radius 2 is 1.64 bits per heavy atom. The molecule has 180 valence electrons. The Labute approximate surface area is 208 Å². The minimum atomic E-state index is -1.37. The first kappa shape index (κ1) is 22.3. The fraction of sp³-hybridized carbons (Fsp3) is 0.286. The van der Waals surface area contributed by atoms with Gasteiger partial charge >= 0.3 is 0 Å². The minimum Gasteiger partial charge on any atom is -0.361 e. The molecule has 0 amide bonds. The van der Waals surface area contributed by atoms with Crippen molar-refractivity contribution in [3.63, 3.8) is 0 Å². The number of nitrogens with zero attached hydrogens (tertiary/aromatic N) is 5. The summed E-state index contributed by atoms with van der Waals surface area (Å²) in [5, 5.41) is 8.11. The Morgan fingerprint density at radius 3 is 2.17 bits per heavy atom. The van der Waals surface area contributed by atoms with Gasteiger partial charge in [0.2, 0.25) is 0 Å². The van der Waals surface area contributed by atoms with E-state index in [9.17, 15) is 4.91 Å². The predicted molar refractivity (Wildman–Crippen MR) is 137 cm³/mol. The number of benzene rings is 1. The second-order valence-corrected chi connectivity index (χ2v) is 9.70. The van der Waals surface area contributed by atoms with Gasteiger partial charge in [0.05, 0.1) is 16.7 Å². The molecule has 36 heavy (non-hydrogen) atoms. The molecule has 4 heterocycles. The molecular formula is C28H26N6O2. The SMILES string of the molecule is Cc1cnccc1C(N=O)(c1ccncc1C)c1cc(-c2c(C)noc2C)cc2[nH]c(C3CC3)nc12. The summed E-state index contributed by atoms with van der Waals surface area (Å²) in [6.07, 6.45) is 9.15. The number of nitroso groups, excluding NO2 is 1. The third-order valence-corrected chi connectivity index (χ3v) is 7.24. The largest absolute Gasteiger partial charge is 0.361 e. The molecule has 1 N–H and O–H groups in total. The summed E-state index contributed by atoms with van der Waals surface area (Å²) >= 11 is 0. The van der Waals surface area contributed by atoms with E-state index in [2.05, 4.69) is 31.4 Å². The summed E-state index contributed by atoms with van der Waals surface area (Å²) < 4.78 is 5.50. The summed E-state index contributed by atoms with van der Waals surface area (Å²) in [4.78, 5) is 30.4. The summed E-state index contributed by atoms with van der Waals surface area (Å²) in [6.45, 7) is 7.72. The number of nitrogens with one attached hydrogen (secondary N) is 1. The Bertz CT molecular complexity index is 1560. The van der Waals surface area contributed by atoms with Gasteiger partial charge in [-0.15, -0.1) is 4.91 Å². The van der Waals surface area contributed by atoms with Gasteiger partial charge in [-0.2, -0.15) is 0 Å². The van der Waals surface area contributed by atoms with Gasteiger partial charge in [-0.05, 0) is 97.8 Å². The number of H-pyrrole nitrogens is 1. The van der Waals surface area contributed by atoms with Crippen LogP contribution >= 0.6 is 0 Å². The normalized spacial score (nSPS) is 13.9. The summed E-state index contributed by atoms with van der Waals surface area (Å²) in [5.74, 6) is 2.07. The van der Waals surface area contributed by atoms with Crippen LogP contribution in [0.2, 0.25) is 0 Å². The zero-order valence-corrected chi connectivity index (χ0v) is 20.7. The van der Waals surface area contributed by atoms with Crippen molar-refractivity contribution in [1.82, 2.24) is 25.1 Å². The fourth-order valence-corrected chi connectivity index (χ4v) is 5.34. The lowest BCUT2D eigenvalue weighted by molar-refractivity contribution is 0.393. The van der Waals surface area contributed by atoms with Gasteiger partial charge in [0.25, 0.3) is 0 Å². The van der Waals surface area contributed by atoms with Crippen LogP contribution in [0.25, 0.3) is 22.2 Å². The van der Waals surface area contributed by atoms with Gasteiger partial charge in [-0.3, -0.25) is 9.97 Å². The van der Waals surface area contributed by atoms with Crippen LogP contribution in [0.5, 0.6) is 0 Å². The van der Waals surface area contributed by atoms with Crippen molar-refractivity contribution in [3.05, 3.63) is 99.1 Å². The molecule has 0 radical (unpaired) electrons. The smallest absolute Gasteiger partial charge is 0.180 e. The molecule has 0 unspecified atom stereocenters. The van der Waals surface area contributed by atoms with Crippen LogP contribution in [0.15, 0.2) is 58.8 Å². The number of aromatic amines is 1. The Hall–Kier alpha value is -4.20. The Kier molecular flexibility index (Phi) is 5.07. The third kappa shape index (κ3) is 3.28. The van der Waals surface area contributed by atoms with E-state index < -0.39 is 5.54 Å². The van der Waals surface area contributed by atoms with Gasteiger partial charge in [0.1, 0.15) is 11.6 Å². The average molecular weight is 479 g/mol. The van der Waals surface area contributed by atoms with Crippen molar-refractivity contribution in [2.24, 2.45) is 5.18 Å². The quantitative estimate of drug-likeness (QED) is 0.292. The van der Waals surface area contributed by atoms with Crippen LogP contribution in [0.4, 0.5) is 0 Å². The zero-order valence-electron chi connectivity index (χ0n) is 20.7. The van der Waals surface area contributed by atoms with Gasteiger partial charge < -0.3 is 9.51 Å². The molecule has 1 saturated carbocycles. The fourth-order valence-electron chi connectivity index (χ4n) is 5.34. The van der Waals surface area contributed by atoms with Crippen molar-refractivity contribution in [3.8, 4) is 11.1 Å². The van der Waals surface area contributed by atoms with E-state index in [1.165, 1.54) is 0 Å². The lowest BCUT2D eigenvalue weighted by atomic mass is 9.74. The first-order chi connectivity index (χ1) is 17.4. The molecule has 8 heteroatoms. The van der Waals surface area contributed by atoms with Crippen molar-refractivity contribution in [1.29, 1.82) is 0 Å². The number of imidazole rings is 1. The van der Waals surface area contributed by atoms with Crippen LogP contribution in [-0.4, -0.2) is 25.1 Å². The van der Waals surface area contributed by atoms with E-state index in [0.717, 1.165) is 68.8 Å². The molecule has 8 nitrogen and oxygen atoms in total. The molecule has 0 spiro atoms. The molecule has 4 aromatic heterocycles. The molecule has 1 aliphatic carbocycles. The van der Waals surface area contributed by atoms with Crippen LogP contribution in [0.1, 0.15) is 63.9 Å². The maximum atomic E-state index is 13.3. The van der Waals surface area contributed by atoms with E-state index >= 15 is 0 Å². The first-order valence-corrected chi connectivity index (χ1v) is 12.1. The molecule has 1 aromatic carbocycles. The van der Waals surface area contributed by atoms with Gasteiger partial charge in [0, 0.05) is 41.8 Å². The number of hydrogen-bond donors (Lipinski definition) is 1. The average Bonchev–Trinajstić information content (AvgIpc) is 3.55. The van der Waals surface area contributed by atoms with E-state index in [4.69, 9.17) is 9.51 Å². The topological polar surface area (TPSA) is 110 Å². The van der Waals surface area contributed by atoms with E-state index in [0.29, 0.717) is 17.2 Å². The maximum absolute atomic E-state index is 13.3. The second kappa shape index (κ2) is 8.19. The number of rotatable bonds is 6. The van der Waals surface area contributed by atoms with E-state index in [-0.39, 0.29) is 0 Å². The molecule has 0 aliphatic heterocycles. The van der Waals surface area contributed by atoms with E-state index in [1.54, 1.807) is 24.8 Å². The lowest BCUT2D eigenvalue weighted by Crippen LogP contribution is -2.29. The highest BCUT2D eigenvalue weighted by molar-refractivity contribution is 5.88. The van der Waals surface area contributed by atoms with Crippen molar-refractivity contribution >= 4 is 11.0 Å². The molecular weight excluding hydrogens is 452 g/mol. The molecule has 5 aromatic rings.